The number of ether oxygens (including phenoxy) is 2. The zero-order valence-corrected chi connectivity index (χ0v) is 12.2. The molecule has 0 aliphatic rings. The molecule has 0 aliphatic heterocycles. The first-order valence-corrected chi connectivity index (χ1v) is 6.49. The molecule has 2 N–H and O–H groups in total. The molecule has 0 aliphatic carbocycles. The second-order valence-electron chi connectivity index (χ2n) is 3.88. The van der Waals surface area contributed by atoms with Gasteiger partial charge in [-0.1, -0.05) is 12.8 Å². The zero-order chi connectivity index (χ0) is 19.2. The molecule has 0 spiro atoms. The summed E-state index contributed by atoms with van der Waals surface area (Å²) in [7, 11) is 2.70. The molecular weight excluding hydrogens is 264 g/mol. The van der Waals surface area contributed by atoms with Crippen LogP contribution in [0.2, 0.25) is 0 Å². The molecule has 0 atom stereocenters. The standard InChI is InChI=1S/C8H14O4.C6H14O2/c1-11-7(9)5-3-4-6-8(10)12-2;7-5-3-1-2-4-6-8/h3-6H2,1-2H3;7-8H,1-6H2/i;5D2,6D2. The van der Waals surface area contributed by atoms with Crippen molar-refractivity contribution in [2.75, 3.05) is 27.3 Å². The van der Waals surface area contributed by atoms with E-state index in [9.17, 15) is 9.59 Å². The van der Waals surface area contributed by atoms with Crippen LogP contribution in [0.5, 0.6) is 0 Å². The van der Waals surface area contributed by atoms with Crippen molar-refractivity contribution in [3.8, 4) is 0 Å². The van der Waals surface area contributed by atoms with Crippen LogP contribution in [0.15, 0.2) is 0 Å². The summed E-state index contributed by atoms with van der Waals surface area (Å²) in [5.41, 5.74) is 0. The van der Waals surface area contributed by atoms with Gasteiger partial charge in [-0.3, -0.25) is 9.59 Å². The summed E-state index contributed by atoms with van der Waals surface area (Å²) < 4.78 is 35.8. The van der Waals surface area contributed by atoms with Crippen molar-refractivity contribution in [3.05, 3.63) is 0 Å². The Labute approximate surface area is 126 Å². The monoisotopic (exact) mass is 296 g/mol. The van der Waals surface area contributed by atoms with Crippen molar-refractivity contribution in [3.63, 3.8) is 0 Å². The van der Waals surface area contributed by atoms with E-state index in [2.05, 4.69) is 9.47 Å². The minimum absolute atomic E-state index is 0.0247. The number of rotatable bonds is 10. The van der Waals surface area contributed by atoms with Gasteiger partial charge in [-0.25, -0.2) is 0 Å². The minimum Gasteiger partial charge on any atom is -0.469 e. The van der Waals surface area contributed by atoms with Gasteiger partial charge in [0.05, 0.1) is 19.7 Å². The third-order valence-electron chi connectivity index (χ3n) is 2.29. The van der Waals surface area contributed by atoms with Gasteiger partial charge in [-0.2, -0.15) is 0 Å². The third kappa shape index (κ3) is 19.2. The van der Waals surface area contributed by atoms with Crippen LogP contribution < -0.4 is 0 Å². The molecule has 6 nitrogen and oxygen atoms in total. The number of unbranched alkanes of at least 4 members (excludes halogenated alkanes) is 2. The number of aliphatic hydroxyl groups is 2. The van der Waals surface area contributed by atoms with Crippen LogP contribution in [-0.4, -0.2) is 49.5 Å². The van der Waals surface area contributed by atoms with E-state index in [0.29, 0.717) is 38.5 Å². The minimum atomic E-state index is -2.18. The average Bonchev–Trinajstić information content (AvgIpc) is 2.46. The molecule has 6 heteroatoms. The summed E-state index contributed by atoms with van der Waals surface area (Å²) in [4.78, 5) is 21.2. The van der Waals surface area contributed by atoms with Crippen LogP contribution >= 0.6 is 0 Å². The van der Waals surface area contributed by atoms with Gasteiger partial charge >= 0.3 is 11.9 Å². The molecule has 0 aromatic rings. The summed E-state index contributed by atoms with van der Waals surface area (Å²) in [6.07, 6.45) is 2.75. The maximum Gasteiger partial charge on any atom is 0.305 e. The number of carbonyl (C=O) groups excluding carboxylic acids is 2. The molecule has 0 aromatic carbocycles. The van der Waals surface area contributed by atoms with Gasteiger partial charge in [0.15, 0.2) is 0 Å². The SMILES string of the molecule is COC(=O)CCCCC(=O)OC.[2H]C([2H])(O)CCCCC([2H])([2H])O. The Morgan fingerprint density at radius 2 is 1.15 bits per heavy atom. The van der Waals surface area contributed by atoms with Crippen molar-refractivity contribution in [1.29, 1.82) is 0 Å². The first kappa shape index (κ1) is 13.8. The van der Waals surface area contributed by atoms with Crippen molar-refractivity contribution in [2.24, 2.45) is 0 Å². The number of hydrogen-bond donors (Lipinski definition) is 2. The van der Waals surface area contributed by atoms with Crippen LogP contribution in [-0.2, 0) is 19.1 Å². The Hall–Kier alpha value is -1.14. The van der Waals surface area contributed by atoms with Gasteiger partial charge < -0.3 is 19.7 Å². The first-order chi connectivity index (χ1) is 10.9. The van der Waals surface area contributed by atoms with Crippen molar-refractivity contribution < 1.29 is 34.8 Å². The Bertz CT molecular complexity index is 318. The quantitative estimate of drug-likeness (QED) is 0.468. The Morgan fingerprint density at radius 3 is 1.40 bits per heavy atom. The van der Waals surface area contributed by atoms with Gasteiger partial charge in [-0.15, -0.1) is 0 Å². The largest absolute Gasteiger partial charge is 0.469 e. The topological polar surface area (TPSA) is 93.1 Å². The van der Waals surface area contributed by atoms with Crippen molar-refractivity contribution in [2.45, 2.75) is 51.4 Å². The zero-order valence-electron chi connectivity index (χ0n) is 16.2. The van der Waals surface area contributed by atoms with Crippen LogP contribution in [0.4, 0.5) is 0 Å². The van der Waals surface area contributed by atoms with Gasteiger partial charge in [-0.05, 0) is 25.7 Å². The molecular formula is C14H28O6. The van der Waals surface area contributed by atoms with E-state index in [-0.39, 0.29) is 24.8 Å². The fourth-order valence-corrected chi connectivity index (χ4v) is 1.15. The van der Waals surface area contributed by atoms with Gasteiger partial charge in [0.2, 0.25) is 0 Å². The van der Waals surface area contributed by atoms with Crippen molar-refractivity contribution in [1.82, 2.24) is 0 Å². The highest BCUT2D eigenvalue weighted by Crippen LogP contribution is 2.01. The highest BCUT2D eigenvalue weighted by Gasteiger charge is 2.02. The first-order valence-electron chi connectivity index (χ1n) is 8.49. The summed E-state index contributed by atoms with van der Waals surface area (Å²) in [6.45, 7) is -4.36. The van der Waals surface area contributed by atoms with Gasteiger partial charge in [0.1, 0.15) is 0 Å². The van der Waals surface area contributed by atoms with E-state index < -0.39 is 13.1 Å². The van der Waals surface area contributed by atoms with E-state index in [1.807, 2.05) is 0 Å². The van der Waals surface area contributed by atoms with Gasteiger partial charge in [0.25, 0.3) is 0 Å². The maximum absolute atomic E-state index is 10.6. The predicted molar refractivity (Wildman–Crippen MR) is 75.1 cm³/mol. The van der Waals surface area contributed by atoms with Crippen LogP contribution in [0.1, 0.15) is 56.8 Å². The van der Waals surface area contributed by atoms with E-state index in [0.717, 1.165) is 0 Å². The lowest BCUT2D eigenvalue weighted by Crippen LogP contribution is -2.02. The molecule has 0 aromatic heterocycles. The fraction of sp³-hybridized carbons (Fsp3) is 0.857. The summed E-state index contributed by atoms with van der Waals surface area (Å²) in [6, 6.07) is 0. The summed E-state index contributed by atoms with van der Waals surface area (Å²) >= 11 is 0. The molecule has 120 valence electrons. The maximum atomic E-state index is 10.6. The smallest absolute Gasteiger partial charge is 0.305 e. The second-order valence-corrected chi connectivity index (χ2v) is 3.88. The van der Waals surface area contributed by atoms with Crippen LogP contribution in [0.25, 0.3) is 0 Å². The highest BCUT2D eigenvalue weighted by molar-refractivity contribution is 5.70. The Kier molecular flexibility index (Phi) is 12.3. The lowest BCUT2D eigenvalue weighted by Gasteiger charge is -1.98. The number of carbonyl (C=O) groups is 2. The molecule has 20 heavy (non-hydrogen) atoms. The average molecular weight is 296 g/mol. The van der Waals surface area contributed by atoms with Gasteiger partial charge in [0, 0.05) is 26.0 Å². The fourth-order valence-electron chi connectivity index (χ4n) is 1.15. The van der Waals surface area contributed by atoms with E-state index in [1.165, 1.54) is 14.2 Å². The van der Waals surface area contributed by atoms with Crippen LogP contribution in [0, 0.1) is 0 Å². The van der Waals surface area contributed by atoms with E-state index in [4.69, 9.17) is 15.7 Å². The number of methoxy groups -OCH3 is 2. The molecule has 0 rings (SSSR count). The van der Waals surface area contributed by atoms with E-state index >= 15 is 0 Å². The van der Waals surface area contributed by atoms with Crippen LogP contribution in [0.3, 0.4) is 0 Å². The number of hydrogen-bond acceptors (Lipinski definition) is 6. The molecule has 0 saturated heterocycles. The molecule has 0 unspecified atom stereocenters. The molecule has 0 saturated carbocycles. The highest BCUT2D eigenvalue weighted by atomic mass is 16.5. The normalized spacial score (nSPS) is 13.8. The molecule has 0 amide bonds. The second kappa shape index (κ2) is 17.9. The molecule has 0 radical (unpaired) electrons. The number of esters is 2. The van der Waals surface area contributed by atoms with E-state index in [1.54, 1.807) is 0 Å². The molecule has 0 bridgehead atoms. The Morgan fingerprint density at radius 1 is 0.800 bits per heavy atom. The summed E-state index contributed by atoms with van der Waals surface area (Å²) in [5, 5.41) is 17.2. The predicted octanol–water partition coefficient (Wildman–Crippen LogP) is 1.42. The molecule has 0 heterocycles. The molecule has 0 fully saturated rings. The summed E-state index contributed by atoms with van der Waals surface area (Å²) in [5.74, 6) is -0.472. The lowest BCUT2D eigenvalue weighted by molar-refractivity contribution is -0.142. The third-order valence-corrected chi connectivity index (χ3v) is 2.29. The Balaban J connectivity index is 0. The lowest BCUT2D eigenvalue weighted by atomic mass is 10.2. The van der Waals surface area contributed by atoms with Crippen molar-refractivity contribution >= 4 is 11.9 Å².